The zero-order valence-electron chi connectivity index (χ0n) is 18.2. The number of allylic oxidation sites excluding steroid dienone is 2. The van der Waals surface area contributed by atoms with Gasteiger partial charge in [-0.3, -0.25) is 4.79 Å². The Hall–Kier alpha value is -1.32. The van der Waals surface area contributed by atoms with Gasteiger partial charge in [-0.15, -0.1) is 0 Å². The maximum Gasteiger partial charge on any atom is 0.328 e. The van der Waals surface area contributed by atoms with Gasteiger partial charge < -0.3 is 10.1 Å². The van der Waals surface area contributed by atoms with Crippen molar-refractivity contribution in [2.45, 2.75) is 122 Å². The van der Waals surface area contributed by atoms with Crippen LogP contribution in [0.2, 0.25) is 0 Å². The van der Waals surface area contributed by atoms with E-state index in [1.165, 1.54) is 77.0 Å². The monoisotopic (exact) mass is 393 g/mol. The lowest BCUT2D eigenvalue weighted by Gasteiger charge is -2.09. The van der Waals surface area contributed by atoms with Crippen LogP contribution in [0.1, 0.15) is 116 Å². The molecule has 1 amide bonds. The van der Waals surface area contributed by atoms with Gasteiger partial charge in [-0.25, -0.2) is 4.79 Å². The molecule has 0 aliphatic carbocycles. The number of carbonyl (C=O) groups excluding carboxylic acids is 2. The third kappa shape index (κ3) is 13.8. The van der Waals surface area contributed by atoms with Crippen LogP contribution in [0.3, 0.4) is 0 Å². The number of nitrogens with one attached hydrogen (secondary N) is 1. The van der Waals surface area contributed by atoms with Gasteiger partial charge >= 0.3 is 5.97 Å². The summed E-state index contributed by atoms with van der Waals surface area (Å²) in [7, 11) is 0. The first-order chi connectivity index (χ1) is 13.7. The summed E-state index contributed by atoms with van der Waals surface area (Å²) < 4.78 is 5.21. The van der Waals surface area contributed by atoms with Crippen LogP contribution in [0, 0.1) is 0 Å². The molecule has 1 aliphatic heterocycles. The minimum atomic E-state index is -0.422. The van der Waals surface area contributed by atoms with Gasteiger partial charge in [0.2, 0.25) is 5.91 Å². The summed E-state index contributed by atoms with van der Waals surface area (Å²) in [6, 6.07) is -0.422. The lowest BCUT2D eigenvalue weighted by molar-refractivity contribution is -0.146. The highest BCUT2D eigenvalue weighted by molar-refractivity contribution is 5.87. The molecule has 0 bridgehead atoms. The lowest BCUT2D eigenvalue weighted by Crippen LogP contribution is -2.34. The van der Waals surface area contributed by atoms with Crippen LogP contribution in [0.4, 0.5) is 0 Å². The van der Waals surface area contributed by atoms with E-state index < -0.39 is 6.04 Å². The van der Waals surface area contributed by atoms with E-state index >= 15 is 0 Å². The number of hydrogen-bond acceptors (Lipinski definition) is 3. The van der Waals surface area contributed by atoms with Crippen molar-refractivity contribution in [3.8, 4) is 0 Å². The second-order valence-electron chi connectivity index (χ2n) is 8.12. The molecule has 4 heteroatoms. The Morgan fingerprint density at radius 1 is 0.893 bits per heavy atom. The molecule has 1 rings (SSSR count). The summed E-state index contributed by atoms with van der Waals surface area (Å²) in [5.74, 6) is -0.339. The molecular formula is C24H43NO3. The first-order valence-corrected chi connectivity index (χ1v) is 11.8. The molecular weight excluding hydrogens is 350 g/mol. The van der Waals surface area contributed by atoms with Gasteiger partial charge in [-0.05, 0) is 32.1 Å². The number of esters is 1. The fourth-order valence-electron chi connectivity index (χ4n) is 3.60. The van der Waals surface area contributed by atoms with E-state index in [-0.39, 0.29) is 11.9 Å². The zero-order valence-corrected chi connectivity index (χ0v) is 18.2. The van der Waals surface area contributed by atoms with Gasteiger partial charge in [0.1, 0.15) is 6.04 Å². The zero-order chi connectivity index (χ0) is 20.3. The SMILES string of the molecule is CCCCCCCCCCCCCC/C=C/CCCOC(=O)[C@@H]1CCC(=O)N1. The lowest BCUT2D eigenvalue weighted by atomic mass is 10.0. The smallest absolute Gasteiger partial charge is 0.328 e. The first kappa shape index (κ1) is 24.7. The van der Waals surface area contributed by atoms with Crippen molar-refractivity contribution in [3.63, 3.8) is 0 Å². The maximum absolute atomic E-state index is 11.7. The number of ether oxygens (including phenoxy) is 1. The van der Waals surface area contributed by atoms with E-state index in [0.717, 1.165) is 19.3 Å². The van der Waals surface area contributed by atoms with Crippen LogP contribution in [-0.4, -0.2) is 24.5 Å². The van der Waals surface area contributed by atoms with Crippen LogP contribution >= 0.6 is 0 Å². The van der Waals surface area contributed by atoms with Crippen LogP contribution in [0.25, 0.3) is 0 Å². The number of hydrogen-bond donors (Lipinski definition) is 1. The third-order valence-corrected chi connectivity index (χ3v) is 5.43. The average Bonchev–Trinajstić information content (AvgIpc) is 3.13. The Balaban J connectivity index is 1.76. The van der Waals surface area contributed by atoms with Crippen LogP contribution in [-0.2, 0) is 14.3 Å². The Labute approximate surface area is 172 Å². The first-order valence-electron chi connectivity index (χ1n) is 11.8. The second-order valence-corrected chi connectivity index (χ2v) is 8.12. The van der Waals surface area contributed by atoms with Gasteiger partial charge in [0.05, 0.1) is 6.61 Å². The molecule has 162 valence electrons. The van der Waals surface area contributed by atoms with Crippen LogP contribution in [0.5, 0.6) is 0 Å². The van der Waals surface area contributed by atoms with Gasteiger partial charge in [0.25, 0.3) is 0 Å². The number of unbranched alkanes of at least 4 members (excludes halogenated alkanes) is 13. The largest absolute Gasteiger partial charge is 0.464 e. The van der Waals surface area contributed by atoms with Crippen LogP contribution in [0.15, 0.2) is 12.2 Å². The minimum Gasteiger partial charge on any atom is -0.464 e. The molecule has 0 saturated carbocycles. The molecule has 1 aliphatic rings. The van der Waals surface area contributed by atoms with E-state index in [2.05, 4.69) is 24.4 Å². The van der Waals surface area contributed by atoms with E-state index in [4.69, 9.17) is 4.74 Å². The molecule has 1 N–H and O–H groups in total. The molecule has 0 unspecified atom stereocenters. The van der Waals surface area contributed by atoms with Gasteiger partial charge in [-0.1, -0.05) is 89.7 Å². The fraction of sp³-hybridized carbons (Fsp3) is 0.833. The summed E-state index contributed by atoms with van der Waals surface area (Å²) in [5, 5.41) is 2.63. The van der Waals surface area contributed by atoms with Crippen molar-refractivity contribution in [3.05, 3.63) is 12.2 Å². The molecule has 4 nitrogen and oxygen atoms in total. The standard InChI is InChI=1S/C24H43NO3/c1-2-3-4-5-6-7-8-9-10-11-12-13-14-15-16-17-18-21-28-24(27)22-19-20-23(26)25-22/h15-16,22H,2-14,17-21H2,1H3,(H,25,26)/b16-15+/t22-/m0/s1. The summed E-state index contributed by atoms with van der Waals surface area (Å²) in [6.45, 7) is 2.71. The number of rotatable bonds is 18. The quantitative estimate of drug-likeness (QED) is 0.170. The van der Waals surface area contributed by atoms with Crippen molar-refractivity contribution >= 4 is 11.9 Å². The molecule has 1 saturated heterocycles. The van der Waals surface area contributed by atoms with Crippen molar-refractivity contribution in [2.75, 3.05) is 6.61 Å². The van der Waals surface area contributed by atoms with Gasteiger partial charge in [-0.2, -0.15) is 0 Å². The Bertz CT molecular complexity index is 434. The van der Waals surface area contributed by atoms with Gasteiger partial charge in [0.15, 0.2) is 0 Å². The summed E-state index contributed by atoms with van der Waals surface area (Å²) in [6.07, 6.45) is 25.1. The molecule has 0 spiro atoms. The van der Waals surface area contributed by atoms with Crippen molar-refractivity contribution < 1.29 is 14.3 Å². The molecule has 1 heterocycles. The van der Waals surface area contributed by atoms with Crippen molar-refractivity contribution in [1.29, 1.82) is 0 Å². The predicted molar refractivity (Wildman–Crippen MR) is 116 cm³/mol. The molecule has 0 aromatic heterocycles. The summed E-state index contributed by atoms with van der Waals surface area (Å²) in [5.41, 5.74) is 0. The van der Waals surface area contributed by atoms with Crippen molar-refractivity contribution in [1.82, 2.24) is 5.32 Å². The minimum absolute atomic E-state index is 0.0531. The van der Waals surface area contributed by atoms with Crippen LogP contribution < -0.4 is 5.32 Å². The number of amides is 1. The summed E-state index contributed by atoms with van der Waals surface area (Å²) >= 11 is 0. The predicted octanol–water partition coefficient (Wildman–Crippen LogP) is 6.24. The topological polar surface area (TPSA) is 55.4 Å². The Morgan fingerprint density at radius 3 is 1.96 bits per heavy atom. The normalized spacial score (nSPS) is 16.6. The fourth-order valence-corrected chi connectivity index (χ4v) is 3.60. The van der Waals surface area contributed by atoms with E-state index in [1.54, 1.807) is 0 Å². The summed E-state index contributed by atoms with van der Waals surface area (Å²) in [4.78, 5) is 22.8. The molecule has 0 aromatic rings. The molecule has 1 atom stereocenters. The van der Waals surface area contributed by atoms with E-state index in [9.17, 15) is 9.59 Å². The molecule has 0 aromatic carbocycles. The number of carbonyl (C=O) groups is 2. The highest BCUT2D eigenvalue weighted by Crippen LogP contribution is 2.13. The molecule has 28 heavy (non-hydrogen) atoms. The third-order valence-electron chi connectivity index (χ3n) is 5.43. The van der Waals surface area contributed by atoms with E-state index in [0.29, 0.717) is 19.4 Å². The maximum atomic E-state index is 11.7. The Kier molecular flexibility index (Phi) is 15.7. The second kappa shape index (κ2) is 17.8. The molecule has 1 fully saturated rings. The highest BCUT2D eigenvalue weighted by atomic mass is 16.5. The van der Waals surface area contributed by atoms with Crippen molar-refractivity contribution in [2.24, 2.45) is 0 Å². The molecule has 0 radical (unpaired) electrons. The van der Waals surface area contributed by atoms with Gasteiger partial charge in [0, 0.05) is 6.42 Å². The Morgan fingerprint density at radius 2 is 1.43 bits per heavy atom. The average molecular weight is 394 g/mol. The highest BCUT2D eigenvalue weighted by Gasteiger charge is 2.28. The van der Waals surface area contributed by atoms with E-state index in [1.807, 2.05) is 0 Å².